The Hall–Kier alpha value is -5.83. The molecule has 1 atom stereocenters. The van der Waals surface area contributed by atoms with Crippen LogP contribution in [-0.2, 0) is 31.6 Å². The minimum atomic E-state index is -3.49. The van der Waals surface area contributed by atoms with E-state index in [0.29, 0.717) is 24.5 Å². The average molecular weight is 725 g/mol. The molecule has 0 aliphatic carbocycles. The summed E-state index contributed by atoms with van der Waals surface area (Å²) in [6, 6.07) is 21.5. The van der Waals surface area contributed by atoms with Crippen LogP contribution in [0.4, 0.5) is 11.6 Å². The maximum atomic E-state index is 13.2. The van der Waals surface area contributed by atoms with Gasteiger partial charge in [-0.15, -0.1) is 0 Å². The van der Waals surface area contributed by atoms with Crippen molar-refractivity contribution in [1.29, 1.82) is 0 Å². The fraction of sp³-hybridized carbons (Fsp3) is 0.297. The monoisotopic (exact) mass is 724 g/mol. The first-order chi connectivity index (χ1) is 24.7. The average Bonchev–Trinajstić information content (AvgIpc) is 3.33. The van der Waals surface area contributed by atoms with Crippen molar-refractivity contribution in [2.75, 3.05) is 29.0 Å². The first-order valence-corrected chi connectivity index (χ1v) is 18.6. The molecule has 4 aromatic rings. The van der Waals surface area contributed by atoms with Crippen LogP contribution in [-0.4, -0.2) is 78.4 Å². The van der Waals surface area contributed by atoms with Crippen molar-refractivity contribution in [3.8, 4) is 11.5 Å². The number of aromatic nitrogens is 2. The predicted molar refractivity (Wildman–Crippen MR) is 190 cm³/mol. The smallest absolute Gasteiger partial charge is 0.262 e. The minimum Gasteiger partial charge on any atom is -0.487 e. The minimum absolute atomic E-state index is 0.0112. The van der Waals surface area contributed by atoms with Crippen molar-refractivity contribution in [3.05, 3.63) is 107 Å². The van der Waals surface area contributed by atoms with Crippen molar-refractivity contribution in [2.24, 2.45) is 0 Å². The second-order valence-corrected chi connectivity index (χ2v) is 15.3. The highest BCUT2D eigenvalue weighted by Crippen LogP contribution is 2.35. The van der Waals surface area contributed by atoms with Gasteiger partial charge in [-0.1, -0.05) is 38.1 Å². The maximum absolute atomic E-state index is 13.2. The molecule has 0 spiro atoms. The SMILES string of the molecule is CC(C)(c1ccc(OCc2ccnc(NS(C)(=O)=O)n2)cc1)c1ccc(OC2CN(c3ccc4c(c3)C(=O)N(C3CCC(=O)NC3=O)C4=O)C2)cc1. The summed E-state index contributed by atoms with van der Waals surface area (Å²) in [5.74, 6) is -0.733. The molecular formula is C37H36N6O8S. The molecule has 2 fully saturated rings. The van der Waals surface area contributed by atoms with Crippen LogP contribution in [0, 0.1) is 0 Å². The van der Waals surface area contributed by atoms with Gasteiger partial charge >= 0.3 is 0 Å². The normalized spacial score (nSPS) is 17.8. The van der Waals surface area contributed by atoms with Gasteiger partial charge in [-0.05, 0) is 66.1 Å². The van der Waals surface area contributed by atoms with Gasteiger partial charge in [-0.25, -0.2) is 18.4 Å². The molecule has 15 heteroatoms. The first kappa shape index (κ1) is 34.6. The summed E-state index contributed by atoms with van der Waals surface area (Å²) in [6.07, 6.45) is 2.62. The van der Waals surface area contributed by atoms with Crippen LogP contribution in [0.1, 0.15) is 64.2 Å². The lowest BCUT2D eigenvalue weighted by atomic mass is 9.78. The van der Waals surface area contributed by atoms with E-state index in [-0.39, 0.29) is 48.0 Å². The lowest BCUT2D eigenvalue weighted by Gasteiger charge is -2.40. The number of carbonyl (C=O) groups excluding carboxylic acids is 4. The van der Waals surface area contributed by atoms with Gasteiger partial charge < -0.3 is 14.4 Å². The third kappa shape index (κ3) is 7.04. The van der Waals surface area contributed by atoms with E-state index in [1.54, 1.807) is 24.3 Å². The number of hydrogen-bond donors (Lipinski definition) is 2. The van der Waals surface area contributed by atoms with E-state index in [4.69, 9.17) is 9.47 Å². The molecule has 1 unspecified atom stereocenters. The molecule has 4 amide bonds. The molecule has 0 bridgehead atoms. The van der Waals surface area contributed by atoms with Crippen molar-refractivity contribution in [3.63, 3.8) is 0 Å². The zero-order chi connectivity index (χ0) is 36.8. The topological polar surface area (TPSA) is 177 Å². The van der Waals surface area contributed by atoms with Crippen LogP contribution in [0.2, 0.25) is 0 Å². The summed E-state index contributed by atoms with van der Waals surface area (Å²) < 4.78 is 37.3. The van der Waals surface area contributed by atoms with E-state index in [2.05, 4.69) is 38.8 Å². The van der Waals surface area contributed by atoms with Gasteiger partial charge in [0.1, 0.15) is 30.3 Å². The Morgan fingerprint density at radius 3 is 2.19 bits per heavy atom. The van der Waals surface area contributed by atoms with Gasteiger partial charge in [0.05, 0.1) is 36.2 Å². The van der Waals surface area contributed by atoms with Gasteiger partial charge in [-0.3, -0.25) is 34.1 Å². The van der Waals surface area contributed by atoms with Crippen molar-refractivity contribution >= 4 is 45.3 Å². The summed E-state index contributed by atoms with van der Waals surface area (Å²) >= 11 is 0. The Balaban J connectivity index is 0.921. The fourth-order valence-electron chi connectivity index (χ4n) is 6.51. The van der Waals surface area contributed by atoms with E-state index in [0.717, 1.165) is 33.7 Å². The number of rotatable bonds is 11. The predicted octanol–water partition coefficient (Wildman–Crippen LogP) is 3.42. The van der Waals surface area contributed by atoms with E-state index in [1.165, 1.54) is 6.20 Å². The molecular weight excluding hydrogens is 689 g/mol. The molecule has 3 aromatic carbocycles. The molecule has 14 nitrogen and oxygen atoms in total. The first-order valence-electron chi connectivity index (χ1n) is 16.7. The van der Waals surface area contributed by atoms with Crippen LogP contribution in [0.15, 0.2) is 79.0 Å². The standard InChI is InChI=1S/C37H36N6O8S/c1-37(2,22-4-9-26(10-5-22)50-21-24-16-17-38-36(39-24)41-52(3,48)49)23-6-11-27(12-7-23)51-28-19-42(20-28)25-8-13-29-30(18-25)35(47)43(34(29)46)31-14-15-32(44)40-33(31)45/h4-13,16-18,28,31H,14-15,19-21H2,1-3H3,(H,38,39,41)(H,40,44,45). The number of ether oxygens (including phenoxy) is 2. The van der Waals surface area contributed by atoms with Crippen LogP contribution in [0.5, 0.6) is 11.5 Å². The van der Waals surface area contributed by atoms with Gasteiger partial charge in [0.2, 0.25) is 27.8 Å². The number of fused-ring (bicyclic) bond motifs is 1. The largest absolute Gasteiger partial charge is 0.487 e. The summed E-state index contributed by atoms with van der Waals surface area (Å²) in [5, 5.41) is 2.21. The van der Waals surface area contributed by atoms with Gasteiger partial charge in [0, 0.05) is 23.7 Å². The summed E-state index contributed by atoms with van der Waals surface area (Å²) in [4.78, 5) is 61.3. The molecule has 0 radical (unpaired) electrons. The van der Waals surface area contributed by atoms with Crippen LogP contribution in [0.3, 0.4) is 0 Å². The van der Waals surface area contributed by atoms with Gasteiger partial charge in [-0.2, -0.15) is 0 Å². The molecule has 0 saturated carbocycles. The quantitative estimate of drug-likeness (QED) is 0.217. The van der Waals surface area contributed by atoms with E-state index >= 15 is 0 Å². The van der Waals surface area contributed by atoms with E-state index in [9.17, 15) is 27.6 Å². The fourth-order valence-corrected chi connectivity index (χ4v) is 6.94. The Kier molecular flexibility index (Phi) is 8.90. The maximum Gasteiger partial charge on any atom is 0.262 e. The van der Waals surface area contributed by atoms with Crippen LogP contribution < -0.4 is 24.4 Å². The number of imide groups is 2. The summed E-state index contributed by atoms with van der Waals surface area (Å²) in [7, 11) is -3.49. The second kappa shape index (κ2) is 13.4. The molecule has 2 N–H and O–H groups in total. The number of amides is 4. The molecule has 3 aliphatic rings. The summed E-state index contributed by atoms with van der Waals surface area (Å²) in [6.45, 7) is 5.60. The van der Waals surface area contributed by atoms with Crippen molar-refractivity contribution in [1.82, 2.24) is 20.2 Å². The zero-order valence-electron chi connectivity index (χ0n) is 28.7. The zero-order valence-corrected chi connectivity index (χ0v) is 29.5. The van der Waals surface area contributed by atoms with Crippen molar-refractivity contribution in [2.45, 2.75) is 50.9 Å². The molecule has 4 heterocycles. The highest BCUT2D eigenvalue weighted by atomic mass is 32.2. The molecule has 7 rings (SSSR count). The number of piperidine rings is 1. The highest BCUT2D eigenvalue weighted by Gasteiger charge is 2.45. The molecule has 1 aromatic heterocycles. The molecule has 52 heavy (non-hydrogen) atoms. The van der Waals surface area contributed by atoms with Gasteiger partial charge in [0.25, 0.3) is 11.8 Å². The summed E-state index contributed by atoms with van der Waals surface area (Å²) in [5.41, 5.74) is 3.67. The number of benzene rings is 3. The van der Waals surface area contributed by atoms with E-state index in [1.807, 2.05) is 48.5 Å². The lowest BCUT2D eigenvalue weighted by Crippen LogP contribution is -2.54. The second-order valence-electron chi connectivity index (χ2n) is 13.5. The molecule has 268 valence electrons. The number of carbonyl (C=O) groups is 4. The Labute approximate surface area is 300 Å². The number of nitrogens with one attached hydrogen (secondary N) is 2. The number of anilines is 2. The third-order valence-electron chi connectivity index (χ3n) is 9.47. The number of hydrogen-bond acceptors (Lipinski definition) is 11. The van der Waals surface area contributed by atoms with Crippen LogP contribution in [0.25, 0.3) is 0 Å². The molecule has 2 saturated heterocycles. The highest BCUT2D eigenvalue weighted by molar-refractivity contribution is 7.92. The third-order valence-corrected chi connectivity index (χ3v) is 10.0. The lowest BCUT2D eigenvalue weighted by molar-refractivity contribution is -0.136. The Bertz CT molecular complexity index is 2180. The van der Waals surface area contributed by atoms with Gasteiger partial charge in [0.15, 0.2) is 0 Å². The number of nitrogens with zero attached hydrogens (tertiary/aromatic N) is 4. The Morgan fingerprint density at radius 2 is 1.54 bits per heavy atom. The van der Waals surface area contributed by atoms with Crippen molar-refractivity contribution < 1.29 is 37.1 Å². The van der Waals surface area contributed by atoms with Crippen LogP contribution >= 0.6 is 0 Å². The molecule has 3 aliphatic heterocycles. The van der Waals surface area contributed by atoms with E-state index < -0.39 is 39.7 Å². The Morgan fingerprint density at radius 1 is 0.885 bits per heavy atom. The number of sulfonamides is 1.